The number of anilines is 1. The smallest absolute Gasteiger partial charge is 0.322 e. The fraction of sp³-hybridized carbons (Fsp3) is 0.556. The summed E-state index contributed by atoms with van der Waals surface area (Å²) in [7, 11) is 0. The third-order valence-electron chi connectivity index (χ3n) is 4.98. The summed E-state index contributed by atoms with van der Waals surface area (Å²) >= 11 is 0. The molecule has 2 aromatic heterocycles. The van der Waals surface area contributed by atoms with E-state index in [1.807, 2.05) is 15.6 Å². The molecule has 8 nitrogen and oxygen atoms in total. The molecule has 1 saturated heterocycles. The van der Waals surface area contributed by atoms with Gasteiger partial charge in [-0.15, -0.1) is 0 Å². The minimum atomic E-state index is -0.152. The van der Waals surface area contributed by atoms with Gasteiger partial charge >= 0.3 is 6.03 Å². The summed E-state index contributed by atoms with van der Waals surface area (Å²) < 4.78 is 1.86. The number of carbonyl (C=O) groups excluding carboxylic acids is 2. The lowest BCUT2D eigenvalue weighted by Crippen LogP contribution is -2.52. The van der Waals surface area contributed by atoms with Crippen LogP contribution in [0.4, 0.5) is 10.5 Å². The van der Waals surface area contributed by atoms with Gasteiger partial charge in [0, 0.05) is 43.5 Å². The quantitative estimate of drug-likeness (QED) is 0.913. The second-order valence-electron chi connectivity index (χ2n) is 7.34. The maximum atomic E-state index is 12.5. The van der Waals surface area contributed by atoms with Crippen molar-refractivity contribution < 1.29 is 9.59 Å². The second kappa shape index (κ2) is 6.59. The zero-order valence-corrected chi connectivity index (χ0v) is 15.2. The first-order chi connectivity index (χ1) is 12.5. The molecule has 138 valence electrons. The van der Waals surface area contributed by atoms with E-state index in [-0.39, 0.29) is 23.9 Å². The molecule has 1 aliphatic heterocycles. The number of hydrogen-bond acceptors (Lipinski definition) is 4. The molecule has 2 aromatic rings. The number of carbonyl (C=O) groups is 2. The number of pyridine rings is 1. The summed E-state index contributed by atoms with van der Waals surface area (Å²) in [6, 6.07) is 1.97. The number of hydrogen-bond donors (Lipinski definition) is 1. The van der Waals surface area contributed by atoms with E-state index in [1.165, 1.54) is 0 Å². The Balaban J connectivity index is 1.37. The molecule has 2 aliphatic rings. The molecule has 3 heterocycles. The number of nitrogens with one attached hydrogen (secondary N) is 1. The zero-order chi connectivity index (χ0) is 18.3. The average molecular weight is 356 g/mol. The first-order valence-electron chi connectivity index (χ1n) is 9.21. The van der Waals surface area contributed by atoms with Crippen LogP contribution >= 0.6 is 0 Å². The minimum absolute atomic E-state index is 0.152. The van der Waals surface area contributed by atoms with Crippen molar-refractivity contribution in [2.75, 3.05) is 31.5 Å². The third-order valence-corrected chi connectivity index (χ3v) is 4.98. The summed E-state index contributed by atoms with van der Waals surface area (Å²) in [6.45, 7) is 6.45. The number of amides is 3. The van der Waals surface area contributed by atoms with Gasteiger partial charge in [-0.05, 0) is 32.8 Å². The fourth-order valence-electron chi connectivity index (χ4n) is 3.31. The van der Waals surface area contributed by atoms with Gasteiger partial charge in [-0.3, -0.25) is 4.79 Å². The van der Waals surface area contributed by atoms with E-state index in [0.717, 1.165) is 23.9 Å². The summed E-state index contributed by atoms with van der Waals surface area (Å²) in [5.41, 5.74) is 1.47. The summed E-state index contributed by atoms with van der Waals surface area (Å²) in [4.78, 5) is 32.7. The zero-order valence-electron chi connectivity index (χ0n) is 15.2. The SMILES string of the molecule is CC(C)n1ncc2cc(NC(=O)N3CCN(C(=O)C4CC4)CC3)cnc21. The molecule has 0 spiro atoms. The Kier molecular flexibility index (Phi) is 4.26. The molecule has 0 aromatic carbocycles. The van der Waals surface area contributed by atoms with Crippen molar-refractivity contribution in [2.24, 2.45) is 5.92 Å². The van der Waals surface area contributed by atoms with Gasteiger partial charge in [0.05, 0.1) is 18.1 Å². The predicted molar refractivity (Wildman–Crippen MR) is 97.8 cm³/mol. The molecular formula is C18H24N6O2. The van der Waals surface area contributed by atoms with Gasteiger partial charge in [0.15, 0.2) is 5.65 Å². The Morgan fingerprint density at radius 2 is 1.81 bits per heavy atom. The number of fused-ring (bicyclic) bond motifs is 1. The van der Waals surface area contributed by atoms with Crippen molar-refractivity contribution in [3.8, 4) is 0 Å². The van der Waals surface area contributed by atoms with Gasteiger partial charge in [-0.2, -0.15) is 5.10 Å². The van der Waals surface area contributed by atoms with Gasteiger partial charge in [0.1, 0.15) is 0 Å². The Morgan fingerprint density at radius 3 is 2.46 bits per heavy atom. The van der Waals surface area contributed by atoms with Crippen molar-refractivity contribution >= 4 is 28.7 Å². The highest BCUT2D eigenvalue weighted by atomic mass is 16.2. The fourth-order valence-corrected chi connectivity index (χ4v) is 3.31. The van der Waals surface area contributed by atoms with Crippen LogP contribution in [0.5, 0.6) is 0 Å². The first-order valence-corrected chi connectivity index (χ1v) is 9.21. The molecule has 0 atom stereocenters. The average Bonchev–Trinajstić information content (AvgIpc) is 3.40. The van der Waals surface area contributed by atoms with Crippen molar-refractivity contribution in [2.45, 2.75) is 32.7 Å². The molecule has 1 N–H and O–H groups in total. The van der Waals surface area contributed by atoms with Crippen molar-refractivity contribution in [3.63, 3.8) is 0 Å². The van der Waals surface area contributed by atoms with E-state index in [1.54, 1.807) is 17.3 Å². The molecule has 3 amide bonds. The number of piperazine rings is 1. The van der Waals surface area contributed by atoms with Gasteiger partial charge in [-0.25, -0.2) is 14.5 Å². The highest BCUT2D eigenvalue weighted by molar-refractivity contribution is 5.91. The van der Waals surface area contributed by atoms with E-state index in [2.05, 4.69) is 29.2 Å². The normalized spacial score (nSPS) is 17.8. The Morgan fingerprint density at radius 1 is 1.12 bits per heavy atom. The first kappa shape index (κ1) is 16.8. The lowest BCUT2D eigenvalue weighted by molar-refractivity contribution is -0.133. The van der Waals surface area contributed by atoms with Gasteiger partial charge < -0.3 is 15.1 Å². The molecule has 0 unspecified atom stereocenters. The number of nitrogens with zero attached hydrogens (tertiary/aromatic N) is 5. The molecule has 1 saturated carbocycles. The van der Waals surface area contributed by atoms with Crippen LogP contribution in [-0.4, -0.2) is 62.7 Å². The standard InChI is InChI=1S/C18H24N6O2/c1-12(2)24-16-14(10-20-24)9-15(11-19-16)21-18(26)23-7-5-22(6-8-23)17(25)13-3-4-13/h9-13H,3-8H2,1-2H3,(H,21,26). The molecule has 0 bridgehead atoms. The van der Waals surface area contributed by atoms with Gasteiger partial charge in [0.2, 0.25) is 5.91 Å². The lowest BCUT2D eigenvalue weighted by Gasteiger charge is -2.34. The molecular weight excluding hydrogens is 332 g/mol. The lowest BCUT2D eigenvalue weighted by atomic mass is 10.2. The van der Waals surface area contributed by atoms with Crippen LogP contribution in [0.15, 0.2) is 18.5 Å². The van der Waals surface area contributed by atoms with Crippen LogP contribution in [0, 0.1) is 5.92 Å². The van der Waals surface area contributed by atoms with Crippen LogP contribution in [0.25, 0.3) is 11.0 Å². The van der Waals surface area contributed by atoms with E-state index >= 15 is 0 Å². The van der Waals surface area contributed by atoms with Gasteiger partial charge in [-0.1, -0.05) is 0 Å². The van der Waals surface area contributed by atoms with Crippen molar-refractivity contribution in [1.29, 1.82) is 0 Å². The van der Waals surface area contributed by atoms with Crippen LogP contribution < -0.4 is 5.32 Å². The highest BCUT2D eigenvalue weighted by Crippen LogP contribution is 2.31. The number of aromatic nitrogens is 3. The molecule has 8 heteroatoms. The van der Waals surface area contributed by atoms with Crippen molar-refractivity contribution in [3.05, 3.63) is 18.5 Å². The van der Waals surface area contributed by atoms with E-state index in [0.29, 0.717) is 31.9 Å². The van der Waals surface area contributed by atoms with Gasteiger partial charge in [0.25, 0.3) is 0 Å². The van der Waals surface area contributed by atoms with E-state index in [4.69, 9.17) is 0 Å². The van der Waals surface area contributed by atoms with E-state index < -0.39 is 0 Å². The number of urea groups is 1. The maximum Gasteiger partial charge on any atom is 0.322 e. The highest BCUT2D eigenvalue weighted by Gasteiger charge is 2.35. The Bertz CT molecular complexity index is 833. The van der Waals surface area contributed by atoms with Crippen LogP contribution in [-0.2, 0) is 4.79 Å². The molecule has 0 radical (unpaired) electrons. The van der Waals surface area contributed by atoms with Crippen LogP contribution in [0.2, 0.25) is 0 Å². The monoisotopic (exact) mass is 356 g/mol. The summed E-state index contributed by atoms with van der Waals surface area (Å²) in [5.74, 6) is 0.488. The molecule has 26 heavy (non-hydrogen) atoms. The van der Waals surface area contributed by atoms with Crippen molar-refractivity contribution in [1.82, 2.24) is 24.6 Å². The van der Waals surface area contributed by atoms with Crippen LogP contribution in [0.1, 0.15) is 32.7 Å². The molecule has 2 fully saturated rings. The van der Waals surface area contributed by atoms with Crippen LogP contribution in [0.3, 0.4) is 0 Å². The predicted octanol–water partition coefficient (Wildman–Crippen LogP) is 2.10. The minimum Gasteiger partial charge on any atom is -0.339 e. The Labute approximate surface area is 152 Å². The molecule has 4 rings (SSSR count). The Hall–Kier alpha value is -2.64. The molecule has 1 aliphatic carbocycles. The second-order valence-corrected chi connectivity index (χ2v) is 7.34. The summed E-state index contributed by atoms with van der Waals surface area (Å²) in [6.07, 6.45) is 5.46. The largest absolute Gasteiger partial charge is 0.339 e. The maximum absolute atomic E-state index is 12.5. The summed E-state index contributed by atoms with van der Waals surface area (Å²) in [5, 5.41) is 8.15. The topological polar surface area (TPSA) is 83.4 Å². The number of rotatable bonds is 3. The third kappa shape index (κ3) is 3.23. The van der Waals surface area contributed by atoms with E-state index in [9.17, 15) is 9.59 Å².